The lowest BCUT2D eigenvalue weighted by Crippen LogP contribution is -2.50. The zero-order chi connectivity index (χ0) is 20.3. The predicted molar refractivity (Wildman–Crippen MR) is 109 cm³/mol. The van der Waals surface area contributed by atoms with E-state index in [2.05, 4.69) is 37.5 Å². The fourth-order valence-electron chi connectivity index (χ4n) is 3.94. The summed E-state index contributed by atoms with van der Waals surface area (Å²) in [5, 5.41) is 15.3. The molecule has 3 atom stereocenters. The maximum absolute atomic E-state index is 12.8. The van der Waals surface area contributed by atoms with Crippen molar-refractivity contribution in [1.29, 1.82) is 5.26 Å². The van der Waals surface area contributed by atoms with Crippen LogP contribution in [0.25, 0.3) is 0 Å². The molecule has 2 saturated carbocycles. The summed E-state index contributed by atoms with van der Waals surface area (Å²) in [6, 6.07) is 9.34. The Bertz CT molecular complexity index is 754. The van der Waals surface area contributed by atoms with Crippen molar-refractivity contribution in [3.8, 4) is 6.07 Å². The molecule has 0 heterocycles. The van der Waals surface area contributed by atoms with Gasteiger partial charge >= 0.3 is 0 Å². The summed E-state index contributed by atoms with van der Waals surface area (Å²) in [6.07, 6.45) is 5.54. The van der Waals surface area contributed by atoms with Crippen LogP contribution in [0.2, 0.25) is 0 Å². The summed E-state index contributed by atoms with van der Waals surface area (Å²) in [4.78, 5) is 25.5. The van der Waals surface area contributed by atoms with Crippen LogP contribution in [0.3, 0.4) is 0 Å². The topological polar surface area (TPSA) is 82.0 Å². The van der Waals surface area contributed by atoms with Gasteiger partial charge in [-0.15, -0.1) is 0 Å². The zero-order valence-electron chi connectivity index (χ0n) is 17.1. The number of nitrogens with one attached hydrogen (secondary N) is 2. The molecule has 0 saturated heterocycles. The molecule has 150 valence electrons. The van der Waals surface area contributed by atoms with Crippen LogP contribution in [0.5, 0.6) is 0 Å². The largest absolute Gasteiger partial charge is 0.349 e. The first-order valence-corrected chi connectivity index (χ1v) is 10.4. The molecule has 0 aromatic heterocycles. The van der Waals surface area contributed by atoms with Crippen molar-refractivity contribution in [1.82, 2.24) is 10.6 Å². The first-order chi connectivity index (χ1) is 13.3. The Balaban J connectivity index is 1.64. The van der Waals surface area contributed by atoms with E-state index in [1.54, 1.807) is 0 Å². The number of nitriles is 1. The van der Waals surface area contributed by atoms with E-state index in [0.29, 0.717) is 11.5 Å². The van der Waals surface area contributed by atoms with Crippen LogP contribution in [0.4, 0.5) is 0 Å². The normalized spacial score (nSPS) is 23.4. The molecule has 3 rings (SSSR count). The molecule has 2 amide bonds. The van der Waals surface area contributed by atoms with Crippen molar-refractivity contribution >= 4 is 11.8 Å². The van der Waals surface area contributed by atoms with E-state index in [1.165, 1.54) is 5.56 Å². The fraction of sp³-hybridized carbons (Fsp3) is 0.609. The van der Waals surface area contributed by atoms with Gasteiger partial charge in [-0.3, -0.25) is 9.59 Å². The van der Waals surface area contributed by atoms with E-state index < -0.39 is 6.04 Å². The average molecular weight is 382 g/mol. The molecule has 2 fully saturated rings. The quantitative estimate of drug-likeness (QED) is 0.816. The molecule has 28 heavy (non-hydrogen) atoms. The first kappa shape index (κ1) is 20.4. The highest BCUT2D eigenvalue weighted by Gasteiger charge is 2.37. The van der Waals surface area contributed by atoms with E-state index in [-0.39, 0.29) is 29.2 Å². The number of carbonyl (C=O) groups is 2. The third-order valence-corrected chi connectivity index (χ3v) is 5.96. The van der Waals surface area contributed by atoms with Gasteiger partial charge in [-0.05, 0) is 54.7 Å². The Labute approximate surface area is 167 Å². The second kappa shape index (κ2) is 8.34. The van der Waals surface area contributed by atoms with Gasteiger partial charge in [0.15, 0.2) is 0 Å². The maximum Gasteiger partial charge on any atom is 0.251 e. The second-order valence-electron chi connectivity index (χ2n) is 9.25. The monoisotopic (exact) mass is 381 g/mol. The Kier molecular flexibility index (Phi) is 6.07. The lowest BCUT2D eigenvalue weighted by molar-refractivity contribution is -0.127. The van der Waals surface area contributed by atoms with E-state index in [9.17, 15) is 14.9 Å². The highest BCUT2D eigenvalue weighted by molar-refractivity contribution is 5.95. The third-order valence-electron chi connectivity index (χ3n) is 5.96. The summed E-state index contributed by atoms with van der Waals surface area (Å²) in [6.45, 7) is 6.43. The minimum absolute atomic E-state index is 0.0421. The highest BCUT2D eigenvalue weighted by Crippen LogP contribution is 2.33. The lowest BCUT2D eigenvalue weighted by Gasteiger charge is -2.32. The molecular weight excluding hydrogens is 350 g/mol. The highest BCUT2D eigenvalue weighted by atomic mass is 16.2. The van der Waals surface area contributed by atoms with Gasteiger partial charge in [0, 0.05) is 11.6 Å². The van der Waals surface area contributed by atoms with Crippen LogP contribution in [0.1, 0.15) is 75.2 Å². The number of hydrogen-bond acceptors (Lipinski definition) is 3. The van der Waals surface area contributed by atoms with Crippen molar-refractivity contribution in [2.75, 3.05) is 0 Å². The van der Waals surface area contributed by atoms with Crippen LogP contribution >= 0.6 is 0 Å². The third kappa shape index (κ3) is 4.92. The predicted octanol–water partition coefficient (Wildman–Crippen LogP) is 3.69. The van der Waals surface area contributed by atoms with Crippen LogP contribution in [-0.2, 0) is 10.2 Å². The number of amides is 2. The van der Waals surface area contributed by atoms with Gasteiger partial charge in [-0.1, -0.05) is 45.7 Å². The van der Waals surface area contributed by atoms with Crippen LogP contribution in [-0.4, -0.2) is 23.9 Å². The average Bonchev–Trinajstić information content (AvgIpc) is 3.51. The van der Waals surface area contributed by atoms with E-state index >= 15 is 0 Å². The maximum atomic E-state index is 12.8. The Morgan fingerprint density at radius 2 is 1.71 bits per heavy atom. The summed E-state index contributed by atoms with van der Waals surface area (Å²) >= 11 is 0. The molecule has 5 nitrogen and oxygen atoms in total. The summed E-state index contributed by atoms with van der Waals surface area (Å²) < 4.78 is 0. The molecule has 1 aromatic carbocycles. The molecule has 2 aliphatic carbocycles. The van der Waals surface area contributed by atoms with Gasteiger partial charge in [-0.2, -0.15) is 5.26 Å². The minimum atomic E-state index is -0.393. The summed E-state index contributed by atoms with van der Waals surface area (Å²) in [5.41, 5.74) is 1.84. The van der Waals surface area contributed by atoms with E-state index in [1.807, 2.05) is 24.3 Å². The molecule has 0 spiro atoms. The minimum Gasteiger partial charge on any atom is -0.349 e. The standard InChI is InChI=1S/C23H31N3O2/c1-23(2,3)17-12-10-16(11-13-17)21(27)25-19-7-5-4-6-18(19)22(28)26-20(14-24)15-8-9-15/h10-13,15,18-20H,4-9H2,1-3H3,(H,25,27)(H,26,28)/t18-,19+,20?/m0/s1. The Morgan fingerprint density at radius 3 is 2.29 bits per heavy atom. The molecule has 0 bridgehead atoms. The number of carbonyl (C=O) groups excluding carboxylic acids is 2. The molecule has 1 aromatic rings. The van der Waals surface area contributed by atoms with Crippen molar-refractivity contribution < 1.29 is 9.59 Å². The first-order valence-electron chi connectivity index (χ1n) is 10.4. The van der Waals surface area contributed by atoms with Gasteiger partial charge in [-0.25, -0.2) is 0 Å². The van der Waals surface area contributed by atoms with Crippen molar-refractivity contribution in [3.63, 3.8) is 0 Å². The molecule has 0 aliphatic heterocycles. The number of nitrogens with zero attached hydrogens (tertiary/aromatic N) is 1. The summed E-state index contributed by atoms with van der Waals surface area (Å²) in [5.74, 6) is -0.191. The molecule has 0 radical (unpaired) electrons. The number of benzene rings is 1. The van der Waals surface area contributed by atoms with Crippen LogP contribution in [0.15, 0.2) is 24.3 Å². The van der Waals surface area contributed by atoms with Gasteiger partial charge < -0.3 is 10.6 Å². The Morgan fingerprint density at radius 1 is 1.07 bits per heavy atom. The van der Waals surface area contributed by atoms with Gasteiger partial charge in [0.05, 0.1) is 12.0 Å². The zero-order valence-corrected chi connectivity index (χ0v) is 17.1. The molecular formula is C23H31N3O2. The van der Waals surface area contributed by atoms with Crippen molar-refractivity contribution in [2.45, 2.75) is 76.8 Å². The smallest absolute Gasteiger partial charge is 0.251 e. The number of hydrogen-bond donors (Lipinski definition) is 2. The fourth-order valence-corrected chi connectivity index (χ4v) is 3.94. The van der Waals surface area contributed by atoms with Gasteiger partial charge in [0.1, 0.15) is 6.04 Å². The van der Waals surface area contributed by atoms with E-state index in [0.717, 1.165) is 38.5 Å². The van der Waals surface area contributed by atoms with Gasteiger partial charge in [0.2, 0.25) is 5.91 Å². The Hall–Kier alpha value is -2.35. The van der Waals surface area contributed by atoms with Crippen molar-refractivity contribution in [3.05, 3.63) is 35.4 Å². The second-order valence-corrected chi connectivity index (χ2v) is 9.25. The summed E-state index contributed by atoms with van der Waals surface area (Å²) in [7, 11) is 0. The van der Waals surface area contributed by atoms with Crippen LogP contribution < -0.4 is 10.6 Å². The molecule has 2 N–H and O–H groups in total. The van der Waals surface area contributed by atoms with Crippen molar-refractivity contribution in [2.24, 2.45) is 11.8 Å². The SMILES string of the molecule is CC(C)(C)c1ccc(C(=O)N[C@@H]2CCCC[C@@H]2C(=O)NC(C#N)C2CC2)cc1. The van der Waals surface area contributed by atoms with E-state index in [4.69, 9.17) is 0 Å². The molecule has 1 unspecified atom stereocenters. The molecule has 5 heteroatoms. The number of rotatable bonds is 5. The van der Waals surface area contributed by atoms with Crippen LogP contribution in [0, 0.1) is 23.2 Å². The van der Waals surface area contributed by atoms with Gasteiger partial charge in [0.25, 0.3) is 5.91 Å². The lowest BCUT2D eigenvalue weighted by atomic mass is 9.83. The molecule has 2 aliphatic rings.